The number of carbonyl (C=O) groups excluding carboxylic acids is 1. The molecule has 6 nitrogen and oxygen atoms in total. The van der Waals surface area contributed by atoms with E-state index in [1.165, 1.54) is 0 Å². The van der Waals surface area contributed by atoms with Gasteiger partial charge in [0.1, 0.15) is 17.1 Å². The molecule has 0 radical (unpaired) electrons. The number of carbonyl (C=O) groups is 2. The molecule has 0 unspecified atom stereocenters. The number of nitrogens with one attached hydrogen (secondary N) is 1. The Morgan fingerprint density at radius 1 is 1.32 bits per heavy atom. The fourth-order valence-corrected chi connectivity index (χ4v) is 1.45. The molecule has 1 aromatic rings. The molecule has 0 aliphatic rings. The minimum atomic E-state index is -1.34. The molecule has 2 N–H and O–H groups in total. The van der Waals surface area contributed by atoms with Crippen LogP contribution in [0, 0.1) is 5.82 Å². The van der Waals surface area contributed by atoms with Crippen molar-refractivity contribution >= 4 is 17.7 Å². The van der Waals surface area contributed by atoms with Crippen LogP contribution < -0.4 is 10.1 Å². The van der Waals surface area contributed by atoms with Crippen molar-refractivity contribution < 1.29 is 28.6 Å². The molecule has 0 aliphatic carbocycles. The summed E-state index contributed by atoms with van der Waals surface area (Å²) >= 11 is 0. The molecule has 104 valence electrons. The van der Waals surface area contributed by atoms with E-state index in [1.807, 2.05) is 0 Å². The maximum absolute atomic E-state index is 13.4. The van der Waals surface area contributed by atoms with Crippen molar-refractivity contribution in [3.05, 3.63) is 23.5 Å². The predicted octanol–water partition coefficient (Wildman–Crippen LogP) is 2.49. The maximum atomic E-state index is 13.4. The van der Waals surface area contributed by atoms with Crippen molar-refractivity contribution in [3.63, 3.8) is 0 Å². The summed E-state index contributed by atoms with van der Waals surface area (Å²) in [6.07, 6.45) is -0.863. The lowest BCUT2D eigenvalue weighted by Gasteiger charge is -2.13. The Morgan fingerprint density at radius 3 is 2.53 bits per heavy atom. The van der Waals surface area contributed by atoms with Crippen LogP contribution in [-0.2, 0) is 4.74 Å². The van der Waals surface area contributed by atoms with Crippen molar-refractivity contribution in [2.45, 2.75) is 13.8 Å². The van der Waals surface area contributed by atoms with Gasteiger partial charge in [0.15, 0.2) is 0 Å². The number of carboxylic acids is 1. The number of benzene rings is 1. The Balaban J connectivity index is 3.20. The summed E-state index contributed by atoms with van der Waals surface area (Å²) in [5.41, 5.74) is -0.536. The van der Waals surface area contributed by atoms with Gasteiger partial charge in [-0.1, -0.05) is 0 Å². The van der Waals surface area contributed by atoms with Crippen molar-refractivity contribution in [1.29, 1.82) is 0 Å². The zero-order valence-electron chi connectivity index (χ0n) is 10.5. The third kappa shape index (κ3) is 3.84. The Bertz CT molecular complexity index is 489. The number of ether oxygens (including phenoxy) is 2. The van der Waals surface area contributed by atoms with Crippen LogP contribution in [0.4, 0.5) is 14.9 Å². The average Bonchev–Trinajstić information content (AvgIpc) is 2.28. The molecular weight excluding hydrogens is 257 g/mol. The van der Waals surface area contributed by atoms with E-state index in [4.69, 9.17) is 9.84 Å². The second-order valence-corrected chi connectivity index (χ2v) is 3.41. The number of halogens is 1. The van der Waals surface area contributed by atoms with Crippen LogP contribution >= 0.6 is 0 Å². The van der Waals surface area contributed by atoms with E-state index >= 15 is 0 Å². The van der Waals surface area contributed by atoms with Crippen LogP contribution in [0.5, 0.6) is 5.75 Å². The van der Waals surface area contributed by atoms with Crippen LogP contribution in [0.3, 0.4) is 0 Å². The highest BCUT2D eigenvalue weighted by Gasteiger charge is 2.20. The minimum Gasteiger partial charge on any atom is -0.493 e. The first-order chi connectivity index (χ1) is 8.99. The summed E-state index contributed by atoms with van der Waals surface area (Å²) in [5.74, 6) is -2.21. The summed E-state index contributed by atoms with van der Waals surface area (Å²) in [5, 5.41) is 11.3. The van der Waals surface area contributed by atoms with Gasteiger partial charge < -0.3 is 14.6 Å². The first kappa shape index (κ1) is 14.7. The van der Waals surface area contributed by atoms with Gasteiger partial charge in [0, 0.05) is 6.07 Å². The molecule has 0 saturated heterocycles. The van der Waals surface area contributed by atoms with E-state index in [0.717, 1.165) is 12.1 Å². The number of anilines is 1. The number of amides is 1. The largest absolute Gasteiger partial charge is 0.493 e. The first-order valence-corrected chi connectivity index (χ1v) is 5.63. The van der Waals surface area contributed by atoms with Gasteiger partial charge >= 0.3 is 12.1 Å². The van der Waals surface area contributed by atoms with Crippen molar-refractivity contribution in [1.82, 2.24) is 0 Å². The zero-order valence-corrected chi connectivity index (χ0v) is 10.5. The number of carboxylic acid groups (broad SMARTS) is 1. The highest BCUT2D eigenvalue weighted by atomic mass is 19.1. The molecule has 1 amide bonds. The van der Waals surface area contributed by atoms with E-state index in [1.54, 1.807) is 13.8 Å². The van der Waals surface area contributed by atoms with E-state index in [9.17, 15) is 14.0 Å². The normalized spacial score (nSPS) is 9.84. The van der Waals surface area contributed by atoms with Crippen LogP contribution in [0.25, 0.3) is 0 Å². The highest BCUT2D eigenvalue weighted by molar-refractivity contribution is 6.01. The number of aromatic carboxylic acids is 1. The maximum Gasteiger partial charge on any atom is 0.411 e. The molecule has 0 aliphatic heterocycles. The van der Waals surface area contributed by atoms with Gasteiger partial charge in [-0.25, -0.2) is 14.0 Å². The smallest absolute Gasteiger partial charge is 0.411 e. The molecule has 0 heterocycles. The fraction of sp³-hybridized carbons (Fsp3) is 0.333. The van der Waals surface area contributed by atoms with E-state index < -0.39 is 17.9 Å². The molecule has 1 rings (SSSR count). The molecule has 7 heteroatoms. The lowest BCUT2D eigenvalue weighted by molar-refractivity contribution is 0.0693. The molecule has 1 aromatic carbocycles. The summed E-state index contributed by atoms with van der Waals surface area (Å²) in [7, 11) is 0. The van der Waals surface area contributed by atoms with Crippen LogP contribution in [0.2, 0.25) is 0 Å². The Morgan fingerprint density at radius 2 is 2.00 bits per heavy atom. The molecule has 19 heavy (non-hydrogen) atoms. The van der Waals surface area contributed by atoms with Crippen LogP contribution in [0.1, 0.15) is 24.2 Å². The Labute approximate surface area is 109 Å². The molecule has 0 spiro atoms. The van der Waals surface area contributed by atoms with Crippen LogP contribution in [-0.4, -0.2) is 30.4 Å². The summed E-state index contributed by atoms with van der Waals surface area (Å²) in [4.78, 5) is 22.5. The van der Waals surface area contributed by atoms with Gasteiger partial charge in [0.05, 0.1) is 18.9 Å². The van der Waals surface area contributed by atoms with Gasteiger partial charge in [-0.2, -0.15) is 0 Å². The molecule has 0 atom stereocenters. The van der Waals surface area contributed by atoms with Crippen molar-refractivity contribution in [2.75, 3.05) is 18.5 Å². The molecule has 0 saturated carbocycles. The lowest BCUT2D eigenvalue weighted by atomic mass is 10.1. The molecule has 0 fully saturated rings. The lowest BCUT2D eigenvalue weighted by Crippen LogP contribution is -2.17. The quantitative estimate of drug-likeness (QED) is 0.859. The second kappa shape index (κ2) is 6.58. The van der Waals surface area contributed by atoms with Crippen molar-refractivity contribution in [3.8, 4) is 5.75 Å². The predicted molar refractivity (Wildman–Crippen MR) is 65.2 cm³/mol. The summed E-state index contributed by atoms with van der Waals surface area (Å²) in [6, 6.07) is 1.84. The van der Waals surface area contributed by atoms with E-state index in [0.29, 0.717) is 0 Å². The zero-order chi connectivity index (χ0) is 14.4. The van der Waals surface area contributed by atoms with Crippen LogP contribution in [0.15, 0.2) is 12.1 Å². The van der Waals surface area contributed by atoms with Gasteiger partial charge in [0.2, 0.25) is 0 Å². The topological polar surface area (TPSA) is 84.9 Å². The summed E-state index contributed by atoms with van der Waals surface area (Å²) in [6.45, 7) is 3.51. The monoisotopic (exact) mass is 271 g/mol. The third-order valence-corrected chi connectivity index (χ3v) is 2.09. The van der Waals surface area contributed by atoms with Gasteiger partial charge in [0.25, 0.3) is 0 Å². The fourth-order valence-electron chi connectivity index (χ4n) is 1.45. The van der Waals surface area contributed by atoms with Crippen molar-refractivity contribution in [2.24, 2.45) is 0 Å². The second-order valence-electron chi connectivity index (χ2n) is 3.41. The standard InChI is InChI=1S/C12H14FNO5/c1-3-18-9-6-7(13)5-8(10(9)11(15)16)14-12(17)19-4-2/h5-6H,3-4H2,1-2H3,(H,14,17)(H,15,16). The van der Waals surface area contributed by atoms with E-state index in [-0.39, 0.29) is 30.2 Å². The van der Waals surface area contributed by atoms with E-state index in [2.05, 4.69) is 10.1 Å². The number of hydrogen-bond donors (Lipinski definition) is 2. The minimum absolute atomic E-state index is 0.113. The van der Waals surface area contributed by atoms with Gasteiger partial charge in [-0.05, 0) is 19.9 Å². The highest BCUT2D eigenvalue weighted by Crippen LogP contribution is 2.28. The molecule has 0 bridgehead atoms. The molecular formula is C12H14FNO5. The number of rotatable bonds is 5. The summed E-state index contributed by atoms with van der Waals surface area (Å²) < 4.78 is 23.0. The SMILES string of the molecule is CCOC(=O)Nc1cc(F)cc(OCC)c1C(=O)O. The first-order valence-electron chi connectivity index (χ1n) is 5.63. The Hall–Kier alpha value is -2.31. The number of hydrogen-bond acceptors (Lipinski definition) is 4. The third-order valence-electron chi connectivity index (χ3n) is 2.09. The van der Waals surface area contributed by atoms with Gasteiger partial charge in [-0.3, -0.25) is 5.32 Å². The average molecular weight is 271 g/mol. The van der Waals surface area contributed by atoms with Gasteiger partial charge in [-0.15, -0.1) is 0 Å². The Kier molecular flexibility index (Phi) is 5.11. The molecule has 0 aromatic heterocycles.